The van der Waals surface area contributed by atoms with Crippen LogP contribution in [0.15, 0.2) is 24.3 Å². The van der Waals surface area contributed by atoms with E-state index in [4.69, 9.17) is 10.6 Å². The molecule has 0 saturated heterocycles. The van der Waals surface area contributed by atoms with Crippen molar-refractivity contribution < 1.29 is 4.74 Å². The van der Waals surface area contributed by atoms with E-state index in [-0.39, 0.29) is 11.5 Å². The summed E-state index contributed by atoms with van der Waals surface area (Å²) in [5.74, 6) is 6.56. The standard InChI is InChI=1S/C14H20N4OS/c1-14(2,3)13-12(20-18-17-13)11(16-15)9-6-5-7-10(8-9)19-4/h5-8,11,16H,15H2,1-4H3. The number of ether oxygens (including phenoxy) is 1. The molecule has 1 heterocycles. The molecule has 6 heteroatoms. The fraction of sp³-hybridized carbons (Fsp3) is 0.429. The maximum Gasteiger partial charge on any atom is 0.119 e. The van der Waals surface area contributed by atoms with E-state index < -0.39 is 0 Å². The molecule has 0 fully saturated rings. The van der Waals surface area contributed by atoms with Crippen molar-refractivity contribution in [1.82, 2.24) is 15.0 Å². The Morgan fingerprint density at radius 1 is 1.35 bits per heavy atom. The molecule has 2 aromatic rings. The number of aromatic nitrogens is 2. The van der Waals surface area contributed by atoms with Gasteiger partial charge in [0.25, 0.3) is 0 Å². The highest BCUT2D eigenvalue weighted by Gasteiger charge is 2.27. The van der Waals surface area contributed by atoms with Crippen molar-refractivity contribution in [2.24, 2.45) is 5.84 Å². The van der Waals surface area contributed by atoms with Gasteiger partial charge >= 0.3 is 0 Å². The molecule has 0 aliphatic carbocycles. The first-order valence-corrected chi connectivity index (χ1v) is 7.17. The van der Waals surface area contributed by atoms with E-state index in [1.807, 2.05) is 24.3 Å². The predicted molar refractivity (Wildman–Crippen MR) is 80.8 cm³/mol. The van der Waals surface area contributed by atoms with Gasteiger partial charge in [-0.2, -0.15) is 0 Å². The van der Waals surface area contributed by atoms with Crippen molar-refractivity contribution in [1.29, 1.82) is 0 Å². The number of nitrogens with zero attached hydrogens (tertiary/aromatic N) is 2. The van der Waals surface area contributed by atoms with Crippen LogP contribution in [0.5, 0.6) is 5.75 Å². The zero-order valence-corrected chi connectivity index (χ0v) is 13.0. The molecule has 0 radical (unpaired) electrons. The van der Waals surface area contributed by atoms with Crippen LogP contribution >= 0.6 is 11.5 Å². The molecule has 3 N–H and O–H groups in total. The number of hydrazine groups is 1. The third-order valence-corrected chi connectivity index (χ3v) is 3.87. The van der Waals surface area contributed by atoms with Gasteiger partial charge in [0.05, 0.1) is 23.7 Å². The van der Waals surface area contributed by atoms with Gasteiger partial charge in [-0.15, -0.1) is 5.10 Å². The van der Waals surface area contributed by atoms with E-state index in [1.165, 1.54) is 11.5 Å². The van der Waals surface area contributed by atoms with Crippen molar-refractivity contribution >= 4 is 11.5 Å². The van der Waals surface area contributed by atoms with Gasteiger partial charge in [-0.05, 0) is 29.2 Å². The number of nitrogens with one attached hydrogen (secondary N) is 1. The fourth-order valence-corrected chi connectivity index (χ4v) is 3.00. The van der Waals surface area contributed by atoms with Crippen molar-refractivity contribution in [2.45, 2.75) is 32.2 Å². The first-order valence-electron chi connectivity index (χ1n) is 6.40. The second kappa shape index (κ2) is 5.87. The van der Waals surface area contributed by atoms with Gasteiger partial charge in [0, 0.05) is 5.41 Å². The Morgan fingerprint density at radius 3 is 2.70 bits per heavy atom. The third kappa shape index (κ3) is 2.98. The molecule has 20 heavy (non-hydrogen) atoms. The average molecular weight is 292 g/mol. The van der Waals surface area contributed by atoms with Crippen LogP contribution in [0.1, 0.15) is 42.9 Å². The van der Waals surface area contributed by atoms with Gasteiger partial charge in [-0.3, -0.25) is 5.84 Å². The number of benzene rings is 1. The predicted octanol–water partition coefficient (Wildman–Crippen LogP) is 2.40. The Morgan fingerprint density at radius 2 is 2.10 bits per heavy atom. The van der Waals surface area contributed by atoms with Crippen molar-refractivity contribution in [3.8, 4) is 5.75 Å². The van der Waals surface area contributed by atoms with Gasteiger partial charge in [-0.1, -0.05) is 37.4 Å². The second-order valence-corrected chi connectivity index (χ2v) is 6.40. The molecule has 108 valence electrons. The quantitative estimate of drug-likeness (QED) is 0.668. The number of nitrogens with two attached hydrogens (primary N) is 1. The molecule has 0 saturated carbocycles. The van der Waals surface area contributed by atoms with Gasteiger partial charge < -0.3 is 4.74 Å². The van der Waals surface area contributed by atoms with Crippen LogP contribution in [0.25, 0.3) is 0 Å². The smallest absolute Gasteiger partial charge is 0.119 e. The summed E-state index contributed by atoms with van der Waals surface area (Å²) < 4.78 is 9.36. The lowest BCUT2D eigenvalue weighted by Gasteiger charge is -2.21. The maximum atomic E-state index is 5.76. The largest absolute Gasteiger partial charge is 0.497 e. The second-order valence-electron chi connectivity index (χ2n) is 5.61. The lowest BCUT2D eigenvalue weighted by atomic mass is 9.89. The zero-order valence-electron chi connectivity index (χ0n) is 12.2. The summed E-state index contributed by atoms with van der Waals surface area (Å²) in [5.41, 5.74) is 4.78. The van der Waals surface area contributed by atoms with Crippen molar-refractivity contribution in [3.05, 3.63) is 40.4 Å². The first kappa shape index (κ1) is 14.9. The SMILES string of the molecule is COc1cccc(C(NN)c2snnc2C(C)(C)C)c1. The highest BCUT2D eigenvalue weighted by atomic mass is 32.1. The summed E-state index contributed by atoms with van der Waals surface area (Å²) in [6.07, 6.45) is 0. The minimum atomic E-state index is -0.140. The van der Waals surface area contributed by atoms with Crippen LogP contribution in [0.3, 0.4) is 0 Å². The van der Waals surface area contributed by atoms with Crippen LogP contribution in [-0.4, -0.2) is 16.7 Å². The summed E-state index contributed by atoms with van der Waals surface area (Å²) in [5, 5.41) is 4.27. The molecule has 1 unspecified atom stereocenters. The number of rotatable bonds is 4. The van der Waals surface area contributed by atoms with Crippen molar-refractivity contribution in [2.75, 3.05) is 7.11 Å². The molecule has 2 rings (SSSR count). The summed E-state index contributed by atoms with van der Waals surface area (Å²) in [7, 11) is 1.65. The molecule has 5 nitrogen and oxygen atoms in total. The lowest BCUT2D eigenvalue weighted by molar-refractivity contribution is 0.413. The molecule has 0 spiro atoms. The highest BCUT2D eigenvalue weighted by Crippen LogP contribution is 2.34. The summed E-state index contributed by atoms with van der Waals surface area (Å²) >= 11 is 1.37. The minimum absolute atomic E-state index is 0.0731. The van der Waals surface area contributed by atoms with Crippen LogP contribution in [0.2, 0.25) is 0 Å². The normalized spacial score (nSPS) is 13.2. The van der Waals surface area contributed by atoms with Crippen LogP contribution in [0.4, 0.5) is 0 Å². The van der Waals surface area contributed by atoms with Crippen LogP contribution in [0, 0.1) is 0 Å². The van der Waals surface area contributed by atoms with Gasteiger partial charge in [-0.25, -0.2) is 5.43 Å². The summed E-state index contributed by atoms with van der Waals surface area (Å²) in [4.78, 5) is 1.04. The lowest BCUT2D eigenvalue weighted by Crippen LogP contribution is -2.30. The topological polar surface area (TPSA) is 73.1 Å². The molecule has 1 aromatic carbocycles. The van der Waals surface area contributed by atoms with E-state index >= 15 is 0 Å². The van der Waals surface area contributed by atoms with E-state index in [1.54, 1.807) is 7.11 Å². The Bertz CT molecular complexity index is 577. The van der Waals surface area contributed by atoms with Crippen molar-refractivity contribution in [3.63, 3.8) is 0 Å². The van der Waals surface area contributed by atoms with Crippen LogP contribution in [-0.2, 0) is 5.41 Å². The fourth-order valence-electron chi connectivity index (χ4n) is 2.05. The molecular formula is C14H20N4OS. The molecular weight excluding hydrogens is 272 g/mol. The van der Waals surface area contributed by atoms with E-state index in [0.717, 1.165) is 21.9 Å². The van der Waals surface area contributed by atoms with E-state index in [9.17, 15) is 0 Å². The monoisotopic (exact) mass is 292 g/mol. The maximum absolute atomic E-state index is 5.76. The zero-order chi connectivity index (χ0) is 14.8. The molecule has 1 atom stereocenters. The minimum Gasteiger partial charge on any atom is -0.497 e. The number of methoxy groups -OCH3 is 1. The van der Waals surface area contributed by atoms with E-state index in [0.29, 0.717) is 0 Å². The highest BCUT2D eigenvalue weighted by molar-refractivity contribution is 7.05. The van der Waals surface area contributed by atoms with Gasteiger partial charge in [0.2, 0.25) is 0 Å². The Kier molecular flexibility index (Phi) is 4.37. The van der Waals surface area contributed by atoms with Crippen LogP contribution < -0.4 is 16.0 Å². The molecule has 0 aliphatic rings. The molecule has 0 aliphatic heterocycles. The Balaban J connectivity index is 2.45. The number of hydrogen-bond donors (Lipinski definition) is 2. The molecule has 0 amide bonds. The Hall–Kier alpha value is -1.50. The van der Waals surface area contributed by atoms with E-state index in [2.05, 4.69) is 35.8 Å². The molecule has 0 bridgehead atoms. The summed E-state index contributed by atoms with van der Waals surface area (Å²) in [6.45, 7) is 6.35. The number of hydrogen-bond acceptors (Lipinski definition) is 6. The Labute approximate surface area is 123 Å². The molecule has 1 aromatic heterocycles. The first-order chi connectivity index (χ1) is 9.47. The third-order valence-electron chi connectivity index (χ3n) is 3.08. The van der Waals surface area contributed by atoms with Gasteiger partial charge in [0.15, 0.2) is 0 Å². The average Bonchev–Trinajstić information content (AvgIpc) is 2.89. The summed E-state index contributed by atoms with van der Waals surface area (Å²) in [6, 6.07) is 7.70. The van der Waals surface area contributed by atoms with Gasteiger partial charge in [0.1, 0.15) is 5.75 Å².